The Morgan fingerprint density at radius 3 is 2.42 bits per heavy atom. The zero-order valence-electron chi connectivity index (χ0n) is 15.5. The van der Waals surface area contributed by atoms with Crippen LogP contribution in [0, 0.1) is 0 Å². The number of carbonyl (C=O) groups is 1. The van der Waals surface area contributed by atoms with Crippen molar-refractivity contribution in [3.63, 3.8) is 0 Å². The van der Waals surface area contributed by atoms with Crippen molar-refractivity contribution in [2.24, 2.45) is 4.99 Å². The number of guanidine groups is 1. The molecule has 1 amide bonds. The first-order chi connectivity index (χ1) is 11.3. The van der Waals surface area contributed by atoms with E-state index in [4.69, 9.17) is 0 Å². The Morgan fingerprint density at radius 2 is 1.83 bits per heavy atom. The van der Waals surface area contributed by atoms with Crippen molar-refractivity contribution >= 4 is 17.6 Å². The first kappa shape index (κ1) is 19.8. The van der Waals surface area contributed by atoms with Gasteiger partial charge in [0.15, 0.2) is 5.96 Å². The van der Waals surface area contributed by atoms with E-state index in [1.807, 2.05) is 39.0 Å². The zero-order valence-corrected chi connectivity index (χ0v) is 15.5. The number of carbonyl (C=O) groups excluding carboxylic acids is 1. The summed E-state index contributed by atoms with van der Waals surface area (Å²) in [6.07, 6.45) is 0.973. The average Bonchev–Trinajstić information content (AvgIpc) is 2.53. The van der Waals surface area contributed by atoms with Gasteiger partial charge >= 0.3 is 0 Å². The normalized spacial score (nSPS) is 11.8. The Morgan fingerprint density at radius 1 is 1.17 bits per heavy atom. The van der Waals surface area contributed by atoms with E-state index in [-0.39, 0.29) is 18.0 Å². The molecule has 0 bridgehead atoms. The van der Waals surface area contributed by atoms with E-state index in [1.54, 1.807) is 7.05 Å². The Kier molecular flexibility index (Phi) is 8.09. The SMILES string of the molecule is CN=C(NCCCN(C)c1ccccc1)NCC(=O)NC(C)(C)C. The van der Waals surface area contributed by atoms with Crippen LogP contribution in [0.25, 0.3) is 0 Å². The Balaban J connectivity index is 2.24. The summed E-state index contributed by atoms with van der Waals surface area (Å²) < 4.78 is 0. The third-order valence-electron chi connectivity index (χ3n) is 3.31. The van der Waals surface area contributed by atoms with Crippen LogP contribution < -0.4 is 20.9 Å². The summed E-state index contributed by atoms with van der Waals surface area (Å²) in [6.45, 7) is 7.82. The Labute approximate surface area is 145 Å². The van der Waals surface area contributed by atoms with Gasteiger partial charge in [-0.3, -0.25) is 9.79 Å². The van der Waals surface area contributed by atoms with Gasteiger partial charge in [0.05, 0.1) is 6.54 Å². The van der Waals surface area contributed by atoms with E-state index in [0.717, 1.165) is 19.5 Å². The highest BCUT2D eigenvalue weighted by Gasteiger charge is 2.13. The van der Waals surface area contributed by atoms with Crippen molar-refractivity contribution in [2.45, 2.75) is 32.7 Å². The molecule has 1 aromatic carbocycles. The number of rotatable bonds is 7. The molecule has 0 spiro atoms. The number of nitrogens with one attached hydrogen (secondary N) is 3. The molecular formula is C18H31N5O. The number of nitrogens with zero attached hydrogens (tertiary/aromatic N) is 2. The van der Waals surface area contributed by atoms with Gasteiger partial charge in [0, 0.05) is 38.4 Å². The summed E-state index contributed by atoms with van der Waals surface area (Å²) in [6, 6.07) is 10.3. The van der Waals surface area contributed by atoms with Gasteiger partial charge in [-0.15, -0.1) is 0 Å². The predicted molar refractivity (Wildman–Crippen MR) is 102 cm³/mol. The van der Waals surface area contributed by atoms with Crippen LogP contribution >= 0.6 is 0 Å². The lowest BCUT2D eigenvalue weighted by atomic mass is 10.1. The summed E-state index contributed by atoms with van der Waals surface area (Å²) in [5.41, 5.74) is 0.983. The summed E-state index contributed by atoms with van der Waals surface area (Å²) in [4.78, 5) is 18.1. The van der Waals surface area contributed by atoms with Crippen LogP contribution in [-0.4, -0.2) is 51.1 Å². The number of benzene rings is 1. The molecule has 0 aliphatic carbocycles. The second-order valence-corrected chi connectivity index (χ2v) is 6.76. The van der Waals surface area contributed by atoms with Crippen LogP contribution in [0.1, 0.15) is 27.2 Å². The Bertz CT molecular complexity index is 522. The molecule has 1 aromatic rings. The van der Waals surface area contributed by atoms with E-state index in [9.17, 15) is 4.79 Å². The molecular weight excluding hydrogens is 302 g/mol. The maximum atomic E-state index is 11.8. The lowest BCUT2D eigenvalue weighted by Gasteiger charge is -2.21. The minimum absolute atomic E-state index is 0.0470. The maximum Gasteiger partial charge on any atom is 0.239 e. The van der Waals surface area contributed by atoms with Crippen molar-refractivity contribution in [1.82, 2.24) is 16.0 Å². The number of amides is 1. The quantitative estimate of drug-likeness (QED) is 0.403. The average molecular weight is 333 g/mol. The predicted octanol–water partition coefficient (Wildman–Crippen LogP) is 1.59. The van der Waals surface area contributed by atoms with Crippen LogP contribution in [0.3, 0.4) is 0 Å². The molecule has 0 heterocycles. The summed E-state index contributed by atoms with van der Waals surface area (Å²) in [7, 11) is 3.78. The summed E-state index contributed by atoms with van der Waals surface area (Å²) in [5.74, 6) is 0.593. The van der Waals surface area contributed by atoms with Crippen LogP contribution in [0.4, 0.5) is 5.69 Å². The first-order valence-electron chi connectivity index (χ1n) is 8.33. The van der Waals surface area contributed by atoms with E-state index >= 15 is 0 Å². The largest absolute Gasteiger partial charge is 0.375 e. The van der Waals surface area contributed by atoms with E-state index in [0.29, 0.717) is 5.96 Å². The van der Waals surface area contributed by atoms with Gasteiger partial charge in [-0.1, -0.05) is 18.2 Å². The monoisotopic (exact) mass is 333 g/mol. The minimum Gasteiger partial charge on any atom is -0.375 e. The van der Waals surface area contributed by atoms with Crippen LogP contribution in [0.2, 0.25) is 0 Å². The molecule has 0 saturated carbocycles. The molecule has 0 aliphatic rings. The molecule has 134 valence electrons. The minimum atomic E-state index is -0.224. The molecule has 0 unspecified atom stereocenters. The molecule has 0 fully saturated rings. The number of para-hydroxylation sites is 1. The smallest absolute Gasteiger partial charge is 0.239 e. The first-order valence-corrected chi connectivity index (χ1v) is 8.33. The van der Waals surface area contributed by atoms with Gasteiger partial charge in [-0.2, -0.15) is 0 Å². The molecule has 0 saturated heterocycles. The number of hydrogen-bond acceptors (Lipinski definition) is 3. The summed E-state index contributed by atoms with van der Waals surface area (Å²) in [5, 5.41) is 9.16. The molecule has 24 heavy (non-hydrogen) atoms. The van der Waals surface area contributed by atoms with E-state index < -0.39 is 0 Å². The Hall–Kier alpha value is -2.24. The van der Waals surface area contributed by atoms with Gasteiger partial charge in [-0.05, 0) is 39.3 Å². The second kappa shape index (κ2) is 9.80. The number of hydrogen-bond donors (Lipinski definition) is 3. The van der Waals surface area contributed by atoms with E-state index in [2.05, 4.69) is 45.0 Å². The van der Waals surface area contributed by atoms with Crippen molar-refractivity contribution in [1.29, 1.82) is 0 Å². The van der Waals surface area contributed by atoms with Crippen LogP contribution in [-0.2, 0) is 4.79 Å². The van der Waals surface area contributed by atoms with Gasteiger partial charge in [-0.25, -0.2) is 0 Å². The third-order valence-corrected chi connectivity index (χ3v) is 3.31. The highest BCUT2D eigenvalue weighted by molar-refractivity contribution is 5.86. The molecule has 0 aromatic heterocycles. The van der Waals surface area contributed by atoms with Crippen molar-refractivity contribution in [3.05, 3.63) is 30.3 Å². The standard InChI is InChI=1S/C18H31N5O/c1-18(2,3)22-16(24)14-21-17(19-4)20-12-9-13-23(5)15-10-7-6-8-11-15/h6-8,10-11H,9,12-14H2,1-5H3,(H,22,24)(H2,19,20,21). The van der Waals surface area contributed by atoms with Gasteiger partial charge in [0.2, 0.25) is 5.91 Å². The lowest BCUT2D eigenvalue weighted by molar-refractivity contribution is -0.121. The fraction of sp³-hybridized carbons (Fsp3) is 0.556. The highest BCUT2D eigenvalue weighted by atomic mass is 16.2. The zero-order chi connectivity index (χ0) is 18.0. The van der Waals surface area contributed by atoms with Crippen LogP contribution in [0.15, 0.2) is 35.3 Å². The van der Waals surface area contributed by atoms with Gasteiger partial charge < -0.3 is 20.9 Å². The molecule has 0 atom stereocenters. The molecule has 3 N–H and O–H groups in total. The maximum absolute atomic E-state index is 11.8. The third kappa shape index (κ3) is 8.41. The van der Waals surface area contributed by atoms with Crippen molar-refractivity contribution in [2.75, 3.05) is 38.6 Å². The lowest BCUT2D eigenvalue weighted by Crippen LogP contribution is -2.48. The topological polar surface area (TPSA) is 68.8 Å². The molecule has 1 rings (SSSR count). The van der Waals surface area contributed by atoms with Gasteiger partial charge in [0.25, 0.3) is 0 Å². The van der Waals surface area contributed by atoms with E-state index in [1.165, 1.54) is 5.69 Å². The second-order valence-electron chi connectivity index (χ2n) is 6.76. The van der Waals surface area contributed by atoms with Crippen molar-refractivity contribution < 1.29 is 4.79 Å². The highest BCUT2D eigenvalue weighted by Crippen LogP contribution is 2.10. The number of anilines is 1. The molecule has 0 radical (unpaired) electrons. The molecule has 0 aliphatic heterocycles. The number of aliphatic imine (C=N–C) groups is 1. The molecule has 6 nitrogen and oxygen atoms in total. The molecule has 6 heteroatoms. The van der Waals surface area contributed by atoms with Crippen LogP contribution in [0.5, 0.6) is 0 Å². The van der Waals surface area contributed by atoms with Crippen molar-refractivity contribution in [3.8, 4) is 0 Å². The fourth-order valence-electron chi connectivity index (χ4n) is 2.18. The summed E-state index contributed by atoms with van der Waals surface area (Å²) >= 11 is 0. The van der Waals surface area contributed by atoms with Gasteiger partial charge in [0.1, 0.15) is 0 Å². The fourth-order valence-corrected chi connectivity index (χ4v) is 2.18.